The minimum Gasteiger partial charge on any atom is -0.373 e. The molecule has 1 saturated heterocycles. The summed E-state index contributed by atoms with van der Waals surface area (Å²) in [5, 5.41) is 5.75. The van der Waals surface area contributed by atoms with E-state index in [1.54, 1.807) is 0 Å². The monoisotopic (exact) mass is 443 g/mol. The second-order valence-corrected chi connectivity index (χ2v) is 11.6. The smallest absolute Gasteiger partial charge is 0.163 e. The molecule has 2 atom stereocenters. The summed E-state index contributed by atoms with van der Waals surface area (Å²) >= 11 is 0. The highest BCUT2D eigenvalue weighted by molar-refractivity contribution is 5.79. The summed E-state index contributed by atoms with van der Waals surface area (Å²) in [5.74, 6) is 2.02. The van der Waals surface area contributed by atoms with Gasteiger partial charge in [-0.25, -0.2) is 15.0 Å². The Balaban J connectivity index is 1.22. The van der Waals surface area contributed by atoms with Crippen molar-refractivity contribution >= 4 is 11.0 Å². The van der Waals surface area contributed by atoms with Gasteiger partial charge < -0.3 is 4.74 Å². The molecule has 4 saturated carbocycles. The van der Waals surface area contributed by atoms with Crippen LogP contribution in [0.15, 0.2) is 24.5 Å². The summed E-state index contributed by atoms with van der Waals surface area (Å²) in [6.45, 7) is 7.55. The second kappa shape index (κ2) is 6.84. The Kier molecular flexibility index (Phi) is 4.16. The number of aryl methyl sites for hydroxylation is 1. The standard InChI is InChI=1S/C27H33N5O/c1-16(2)26-13-27(14-26,15-26)23-21-7-4-17(3)29-25(21)31-24(30-23)18-8-9-33-22(10-18)19-11-28-32(12-19)20-5-6-20/h4,7,11-12,16,18,20,22H,5-6,8-10,13-15H2,1-3H3/t18-,22-,26?,27?/m1/s1. The van der Waals surface area contributed by atoms with Crippen molar-refractivity contribution in [2.45, 2.75) is 89.2 Å². The Hall–Kier alpha value is -2.34. The Morgan fingerprint density at radius 2 is 1.88 bits per heavy atom. The van der Waals surface area contributed by atoms with Gasteiger partial charge in [0.2, 0.25) is 0 Å². The largest absolute Gasteiger partial charge is 0.373 e. The van der Waals surface area contributed by atoms with Gasteiger partial charge in [0.25, 0.3) is 0 Å². The van der Waals surface area contributed by atoms with E-state index in [0.717, 1.165) is 47.9 Å². The van der Waals surface area contributed by atoms with E-state index in [2.05, 4.69) is 48.9 Å². The highest BCUT2D eigenvalue weighted by Gasteiger charge is 2.70. The maximum absolute atomic E-state index is 6.19. The van der Waals surface area contributed by atoms with Crippen molar-refractivity contribution in [2.24, 2.45) is 11.3 Å². The molecule has 0 radical (unpaired) electrons. The van der Waals surface area contributed by atoms with Gasteiger partial charge in [0, 0.05) is 40.8 Å². The fraction of sp³-hybridized carbons (Fsp3) is 0.630. The average molecular weight is 444 g/mol. The molecule has 6 nitrogen and oxygen atoms in total. The van der Waals surface area contributed by atoms with E-state index in [9.17, 15) is 0 Å². The second-order valence-electron chi connectivity index (χ2n) is 11.6. The maximum Gasteiger partial charge on any atom is 0.163 e. The van der Waals surface area contributed by atoms with Crippen LogP contribution >= 0.6 is 0 Å². The van der Waals surface area contributed by atoms with Crippen LogP contribution in [0.1, 0.15) is 99.6 Å². The molecule has 33 heavy (non-hydrogen) atoms. The summed E-state index contributed by atoms with van der Waals surface area (Å²) in [5.41, 5.74) is 5.14. The van der Waals surface area contributed by atoms with Crippen LogP contribution in [0, 0.1) is 18.3 Å². The molecular formula is C27H33N5O. The molecule has 0 N–H and O–H groups in total. The minimum absolute atomic E-state index is 0.0728. The topological polar surface area (TPSA) is 65.7 Å². The van der Waals surface area contributed by atoms with Crippen molar-refractivity contribution in [3.05, 3.63) is 47.3 Å². The lowest BCUT2D eigenvalue weighted by molar-refractivity contribution is -0.173. The molecular weight excluding hydrogens is 410 g/mol. The summed E-state index contributed by atoms with van der Waals surface area (Å²) in [4.78, 5) is 15.2. The zero-order valence-corrected chi connectivity index (χ0v) is 19.9. The van der Waals surface area contributed by atoms with Gasteiger partial charge in [-0.05, 0) is 75.3 Å². The summed E-state index contributed by atoms with van der Waals surface area (Å²) < 4.78 is 8.31. The lowest BCUT2D eigenvalue weighted by Crippen LogP contribution is -2.67. The number of ether oxygens (including phenoxy) is 1. The van der Waals surface area contributed by atoms with E-state index < -0.39 is 0 Å². The maximum atomic E-state index is 6.19. The van der Waals surface area contributed by atoms with Gasteiger partial charge in [-0.2, -0.15) is 5.10 Å². The first-order chi connectivity index (χ1) is 15.9. The van der Waals surface area contributed by atoms with Gasteiger partial charge in [-0.1, -0.05) is 13.8 Å². The van der Waals surface area contributed by atoms with Gasteiger partial charge in [-0.3, -0.25) is 4.68 Å². The lowest BCUT2D eigenvalue weighted by Gasteiger charge is -2.72. The highest BCUT2D eigenvalue weighted by atomic mass is 16.5. The molecule has 0 amide bonds. The Morgan fingerprint density at radius 1 is 1.06 bits per heavy atom. The third-order valence-electron chi connectivity index (χ3n) is 9.08. The third kappa shape index (κ3) is 3.02. The quantitative estimate of drug-likeness (QED) is 0.515. The lowest BCUT2D eigenvalue weighted by atomic mass is 9.31. The number of hydrogen-bond acceptors (Lipinski definition) is 5. The first-order valence-electron chi connectivity index (χ1n) is 12.8. The van der Waals surface area contributed by atoms with E-state index in [-0.39, 0.29) is 11.5 Å². The highest BCUT2D eigenvalue weighted by Crippen LogP contribution is 2.76. The van der Waals surface area contributed by atoms with E-state index in [1.807, 2.05) is 6.20 Å². The van der Waals surface area contributed by atoms with Crippen LogP contribution in [0.25, 0.3) is 11.0 Å². The summed E-state index contributed by atoms with van der Waals surface area (Å²) in [6.07, 6.45) is 12.4. The van der Waals surface area contributed by atoms with Crippen molar-refractivity contribution in [2.75, 3.05) is 6.61 Å². The number of pyridine rings is 1. The number of rotatable bonds is 5. The summed E-state index contributed by atoms with van der Waals surface area (Å²) in [7, 11) is 0. The predicted molar refractivity (Wildman–Crippen MR) is 126 cm³/mol. The fourth-order valence-corrected chi connectivity index (χ4v) is 6.76. The van der Waals surface area contributed by atoms with Gasteiger partial charge in [-0.15, -0.1) is 0 Å². The zero-order chi connectivity index (χ0) is 22.4. The average Bonchev–Trinajstić information content (AvgIpc) is 3.47. The van der Waals surface area contributed by atoms with E-state index in [0.29, 0.717) is 17.4 Å². The van der Waals surface area contributed by atoms with Crippen LogP contribution < -0.4 is 0 Å². The molecule has 4 aliphatic carbocycles. The van der Waals surface area contributed by atoms with Crippen molar-refractivity contribution in [1.82, 2.24) is 24.7 Å². The molecule has 172 valence electrons. The van der Waals surface area contributed by atoms with E-state index in [4.69, 9.17) is 19.7 Å². The van der Waals surface area contributed by atoms with Crippen molar-refractivity contribution < 1.29 is 4.74 Å². The van der Waals surface area contributed by atoms with Gasteiger partial charge in [0.15, 0.2) is 5.65 Å². The Bertz CT molecular complexity index is 1220. The van der Waals surface area contributed by atoms with Crippen molar-refractivity contribution in [3.8, 4) is 0 Å². The molecule has 1 aliphatic heterocycles. The molecule has 8 rings (SSSR count). The van der Waals surface area contributed by atoms with Gasteiger partial charge in [0.1, 0.15) is 5.82 Å². The SMILES string of the molecule is Cc1ccc2c(C34CC(C(C)C)(C3)C4)nc([C@@H]3CCO[C@@H](c4cnn(C5CC5)c4)C3)nc2n1. The van der Waals surface area contributed by atoms with Crippen LogP contribution in [0.4, 0.5) is 0 Å². The molecule has 5 fully saturated rings. The van der Waals surface area contributed by atoms with Crippen molar-refractivity contribution in [1.29, 1.82) is 0 Å². The molecule has 0 unspecified atom stereocenters. The molecule has 3 aromatic rings. The number of nitrogens with zero attached hydrogens (tertiary/aromatic N) is 5. The molecule has 6 heteroatoms. The number of fused-ring (bicyclic) bond motifs is 1. The predicted octanol–water partition coefficient (Wildman–Crippen LogP) is 5.58. The van der Waals surface area contributed by atoms with Gasteiger partial charge >= 0.3 is 0 Å². The fourth-order valence-electron chi connectivity index (χ4n) is 6.76. The first kappa shape index (κ1) is 20.1. The molecule has 2 bridgehead atoms. The Morgan fingerprint density at radius 3 is 2.64 bits per heavy atom. The minimum atomic E-state index is 0.0728. The van der Waals surface area contributed by atoms with Crippen LogP contribution in [-0.4, -0.2) is 31.3 Å². The number of aromatic nitrogens is 5. The van der Waals surface area contributed by atoms with Crippen LogP contribution in [-0.2, 0) is 10.2 Å². The number of hydrogen-bond donors (Lipinski definition) is 0. The molecule has 4 heterocycles. The van der Waals surface area contributed by atoms with Crippen molar-refractivity contribution in [3.63, 3.8) is 0 Å². The molecule has 0 aromatic carbocycles. The van der Waals surface area contributed by atoms with E-state index in [1.165, 1.54) is 43.4 Å². The van der Waals surface area contributed by atoms with Crippen LogP contribution in [0.2, 0.25) is 0 Å². The third-order valence-corrected chi connectivity index (χ3v) is 9.08. The Labute approximate surface area is 195 Å². The van der Waals surface area contributed by atoms with Crippen LogP contribution in [0.3, 0.4) is 0 Å². The van der Waals surface area contributed by atoms with E-state index >= 15 is 0 Å². The first-order valence-corrected chi connectivity index (χ1v) is 12.8. The van der Waals surface area contributed by atoms with Crippen LogP contribution in [0.5, 0.6) is 0 Å². The zero-order valence-electron chi connectivity index (χ0n) is 19.9. The molecule has 5 aliphatic rings. The molecule has 0 spiro atoms. The van der Waals surface area contributed by atoms with Gasteiger partial charge in [0.05, 0.1) is 24.0 Å². The summed E-state index contributed by atoms with van der Waals surface area (Å²) in [6, 6.07) is 4.92. The normalized spacial score (nSPS) is 33.2. The molecule has 3 aromatic heterocycles.